The molecule has 0 aliphatic carbocycles. The van der Waals surface area contributed by atoms with Gasteiger partial charge in [0, 0.05) is 18.9 Å². The summed E-state index contributed by atoms with van der Waals surface area (Å²) in [5.41, 5.74) is 2.01. The van der Waals surface area contributed by atoms with Gasteiger partial charge in [-0.3, -0.25) is 4.98 Å². The average Bonchev–Trinajstić information content (AvgIpc) is 2.33. The number of aryl methyl sites for hydroxylation is 2. The molecule has 1 rings (SSSR count). The van der Waals surface area contributed by atoms with E-state index in [1.54, 1.807) is 20.1 Å². The maximum atomic E-state index is 9.05. The fourth-order valence-corrected chi connectivity index (χ4v) is 1.50. The molecular formula is C13H18N2O3. The van der Waals surface area contributed by atoms with E-state index in [1.165, 1.54) is 0 Å². The lowest BCUT2D eigenvalue weighted by atomic mass is 10.2. The minimum absolute atomic E-state index is 0.404. The highest BCUT2D eigenvalue weighted by Crippen LogP contribution is 2.20. The van der Waals surface area contributed by atoms with E-state index in [-0.39, 0.29) is 0 Å². The van der Waals surface area contributed by atoms with Crippen molar-refractivity contribution in [2.75, 3.05) is 33.5 Å². The van der Waals surface area contributed by atoms with Crippen LogP contribution in [0.15, 0.2) is 6.07 Å². The minimum atomic E-state index is 0.404. The molecule has 1 aromatic rings. The highest BCUT2D eigenvalue weighted by molar-refractivity contribution is 5.46. The van der Waals surface area contributed by atoms with Crippen LogP contribution in [0.1, 0.15) is 17.0 Å². The number of methoxy groups -OCH3 is 1. The molecule has 5 heteroatoms. The number of hydrogen-bond donors (Lipinski definition) is 0. The van der Waals surface area contributed by atoms with Gasteiger partial charge in [-0.1, -0.05) is 0 Å². The fourth-order valence-electron chi connectivity index (χ4n) is 1.50. The molecule has 18 heavy (non-hydrogen) atoms. The van der Waals surface area contributed by atoms with Gasteiger partial charge < -0.3 is 14.2 Å². The van der Waals surface area contributed by atoms with Crippen molar-refractivity contribution in [3.8, 4) is 11.8 Å². The van der Waals surface area contributed by atoms with Gasteiger partial charge in [0.15, 0.2) is 0 Å². The normalized spacial score (nSPS) is 10.1. The molecule has 0 amide bonds. The van der Waals surface area contributed by atoms with E-state index in [4.69, 9.17) is 19.5 Å². The highest BCUT2D eigenvalue weighted by atomic mass is 16.5. The average molecular weight is 250 g/mol. The Morgan fingerprint density at radius 3 is 2.61 bits per heavy atom. The summed E-state index contributed by atoms with van der Waals surface area (Å²) in [6.45, 7) is 5.65. The molecule has 1 aromatic heterocycles. The zero-order valence-corrected chi connectivity index (χ0v) is 11.0. The molecule has 0 fully saturated rings. The molecule has 0 spiro atoms. The number of pyridine rings is 1. The maximum absolute atomic E-state index is 9.05. The molecule has 0 aliphatic heterocycles. The van der Waals surface area contributed by atoms with Gasteiger partial charge in [-0.2, -0.15) is 5.26 Å². The number of ether oxygens (including phenoxy) is 3. The lowest BCUT2D eigenvalue weighted by Gasteiger charge is -2.10. The third kappa shape index (κ3) is 4.32. The van der Waals surface area contributed by atoms with Crippen molar-refractivity contribution in [2.24, 2.45) is 0 Å². The van der Waals surface area contributed by atoms with Gasteiger partial charge in [0.25, 0.3) is 0 Å². The van der Waals surface area contributed by atoms with Crippen LogP contribution < -0.4 is 4.74 Å². The second-order valence-corrected chi connectivity index (χ2v) is 3.79. The smallest absolute Gasteiger partial charge is 0.140 e. The molecule has 98 valence electrons. The van der Waals surface area contributed by atoms with Crippen molar-refractivity contribution < 1.29 is 14.2 Å². The van der Waals surface area contributed by atoms with Crippen LogP contribution in [0.25, 0.3) is 0 Å². The zero-order chi connectivity index (χ0) is 13.4. The Bertz CT molecular complexity index is 427. The van der Waals surface area contributed by atoms with Crippen LogP contribution in [0.3, 0.4) is 0 Å². The number of rotatable bonds is 7. The number of aromatic nitrogens is 1. The van der Waals surface area contributed by atoms with E-state index in [2.05, 4.69) is 11.1 Å². The first kappa shape index (κ1) is 14.4. The first-order chi connectivity index (χ1) is 8.69. The summed E-state index contributed by atoms with van der Waals surface area (Å²) in [5, 5.41) is 9.05. The summed E-state index contributed by atoms with van der Waals surface area (Å²) in [4.78, 5) is 4.22. The molecule has 0 unspecified atom stereocenters. The third-order valence-corrected chi connectivity index (χ3v) is 2.32. The Morgan fingerprint density at radius 2 is 1.94 bits per heavy atom. The highest BCUT2D eigenvalue weighted by Gasteiger charge is 2.08. The quantitative estimate of drug-likeness (QED) is 0.688. The van der Waals surface area contributed by atoms with Crippen LogP contribution >= 0.6 is 0 Å². The molecule has 0 atom stereocenters. The van der Waals surface area contributed by atoms with Crippen LogP contribution in [0.5, 0.6) is 5.75 Å². The zero-order valence-electron chi connectivity index (χ0n) is 11.0. The van der Waals surface area contributed by atoms with Gasteiger partial charge >= 0.3 is 0 Å². The molecule has 0 saturated heterocycles. The topological polar surface area (TPSA) is 64.4 Å². The minimum Gasteiger partial charge on any atom is -0.490 e. The lowest BCUT2D eigenvalue weighted by molar-refractivity contribution is 0.0543. The van der Waals surface area contributed by atoms with Gasteiger partial charge in [-0.25, -0.2) is 0 Å². The van der Waals surface area contributed by atoms with Gasteiger partial charge in [0.1, 0.15) is 24.0 Å². The van der Waals surface area contributed by atoms with Gasteiger partial charge in [-0.15, -0.1) is 0 Å². The Balaban J connectivity index is 2.49. The fraction of sp³-hybridized carbons (Fsp3) is 0.538. The molecule has 0 N–H and O–H groups in total. The Morgan fingerprint density at radius 1 is 1.22 bits per heavy atom. The van der Waals surface area contributed by atoms with E-state index in [1.807, 2.05) is 6.92 Å². The summed E-state index contributed by atoms with van der Waals surface area (Å²) in [7, 11) is 1.63. The molecule has 0 radical (unpaired) electrons. The van der Waals surface area contributed by atoms with Crippen molar-refractivity contribution in [1.29, 1.82) is 5.26 Å². The predicted molar refractivity (Wildman–Crippen MR) is 66.6 cm³/mol. The number of nitrogens with zero attached hydrogens (tertiary/aromatic N) is 2. The summed E-state index contributed by atoms with van der Waals surface area (Å²) in [6, 6.07) is 3.87. The molecule has 0 saturated carbocycles. The van der Waals surface area contributed by atoms with E-state index >= 15 is 0 Å². The molecular weight excluding hydrogens is 232 g/mol. The first-order valence-corrected chi connectivity index (χ1v) is 5.77. The molecule has 1 heterocycles. The molecule has 0 bridgehead atoms. The van der Waals surface area contributed by atoms with Crippen LogP contribution in [0, 0.1) is 25.2 Å². The summed E-state index contributed by atoms with van der Waals surface area (Å²) in [5.74, 6) is 0.567. The second-order valence-electron chi connectivity index (χ2n) is 3.79. The maximum Gasteiger partial charge on any atom is 0.140 e. The van der Waals surface area contributed by atoms with E-state index < -0.39 is 0 Å². The largest absolute Gasteiger partial charge is 0.490 e. The van der Waals surface area contributed by atoms with Crippen LogP contribution in [0.4, 0.5) is 0 Å². The van der Waals surface area contributed by atoms with Crippen molar-refractivity contribution in [1.82, 2.24) is 4.98 Å². The van der Waals surface area contributed by atoms with E-state index in [0.717, 1.165) is 5.69 Å². The summed E-state index contributed by atoms with van der Waals surface area (Å²) in [6.07, 6.45) is 0. The first-order valence-electron chi connectivity index (χ1n) is 5.77. The summed E-state index contributed by atoms with van der Waals surface area (Å²) < 4.78 is 15.7. The van der Waals surface area contributed by atoms with Crippen molar-refractivity contribution in [2.45, 2.75) is 13.8 Å². The third-order valence-electron chi connectivity index (χ3n) is 2.32. The predicted octanol–water partition coefficient (Wildman–Crippen LogP) is 1.61. The van der Waals surface area contributed by atoms with Crippen LogP contribution in [-0.2, 0) is 9.47 Å². The van der Waals surface area contributed by atoms with Crippen LogP contribution in [0.2, 0.25) is 0 Å². The monoisotopic (exact) mass is 250 g/mol. The van der Waals surface area contributed by atoms with Gasteiger partial charge in [0.05, 0.1) is 25.5 Å². The van der Waals surface area contributed by atoms with Crippen molar-refractivity contribution in [3.05, 3.63) is 23.0 Å². The molecule has 0 aromatic carbocycles. The number of nitriles is 1. The molecule has 5 nitrogen and oxygen atoms in total. The van der Waals surface area contributed by atoms with E-state index in [9.17, 15) is 0 Å². The van der Waals surface area contributed by atoms with Gasteiger partial charge in [-0.05, 0) is 13.8 Å². The lowest BCUT2D eigenvalue weighted by Crippen LogP contribution is -2.11. The summed E-state index contributed by atoms with van der Waals surface area (Å²) >= 11 is 0. The Kier molecular flexibility index (Phi) is 6.12. The van der Waals surface area contributed by atoms with Crippen molar-refractivity contribution >= 4 is 0 Å². The second kappa shape index (κ2) is 7.64. The van der Waals surface area contributed by atoms with Gasteiger partial charge in [0.2, 0.25) is 0 Å². The molecule has 0 aliphatic rings. The Labute approximate surface area is 107 Å². The standard InChI is InChI=1S/C13H18N2O3/c1-10-8-13(12(9-14)11(2)15-10)18-7-6-17-5-4-16-3/h8H,4-7H2,1-3H3. The number of hydrogen-bond acceptors (Lipinski definition) is 5. The van der Waals surface area contributed by atoms with Crippen LogP contribution in [-0.4, -0.2) is 38.5 Å². The SMILES string of the molecule is COCCOCCOc1cc(C)nc(C)c1C#N. The van der Waals surface area contributed by atoms with Crippen molar-refractivity contribution in [3.63, 3.8) is 0 Å². The Hall–Kier alpha value is -1.64. The van der Waals surface area contributed by atoms with E-state index in [0.29, 0.717) is 43.4 Å².